The van der Waals surface area contributed by atoms with Crippen molar-refractivity contribution in [2.75, 3.05) is 19.7 Å². The Labute approximate surface area is 187 Å². The predicted octanol–water partition coefficient (Wildman–Crippen LogP) is 5.07. The molecule has 2 aromatic carbocycles. The molecule has 0 aromatic heterocycles. The first-order chi connectivity index (χ1) is 14.6. The molecular formula is C23H28ClNO6. The maximum Gasteiger partial charge on any atom is 0.410 e. The summed E-state index contributed by atoms with van der Waals surface area (Å²) in [6, 6.07) is 9.99. The maximum absolute atomic E-state index is 12.2. The van der Waals surface area contributed by atoms with Crippen molar-refractivity contribution < 1.29 is 28.9 Å². The number of phenolic OH excluding ortho intramolecular Hbond substituents is 1. The van der Waals surface area contributed by atoms with Gasteiger partial charge in [-0.3, -0.25) is 4.79 Å². The second kappa shape index (κ2) is 10.9. The first-order valence-electron chi connectivity index (χ1n) is 9.93. The van der Waals surface area contributed by atoms with E-state index in [9.17, 15) is 14.7 Å². The highest BCUT2D eigenvalue weighted by molar-refractivity contribution is 6.30. The van der Waals surface area contributed by atoms with E-state index >= 15 is 0 Å². The fourth-order valence-corrected chi connectivity index (χ4v) is 2.89. The van der Waals surface area contributed by atoms with Gasteiger partial charge in [-0.05, 0) is 45.4 Å². The molecule has 0 heterocycles. The molecule has 0 unspecified atom stereocenters. The Bertz CT molecular complexity index is 909. The lowest BCUT2D eigenvalue weighted by Crippen LogP contribution is -2.38. The van der Waals surface area contributed by atoms with Gasteiger partial charge in [0.05, 0.1) is 12.1 Å². The van der Waals surface area contributed by atoms with Gasteiger partial charge in [-0.1, -0.05) is 23.7 Å². The van der Waals surface area contributed by atoms with Crippen LogP contribution in [0.5, 0.6) is 17.2 Å². The van der Waals surface area contributed by atoms with Gasteiger partial charge in [0.2, 0.25) is 0 Å². The molecule has 1 N–H and O–H groups in total. The Morgan fingerprint density at radius 1 is 1.19 bits per heavy atom. The van der Waals surface area contributed by atoms with Gasteiger partial charge in [-0.15, -0.1) is 0 Å². The topological polar surface area (TPSA) is 85.3 Å². The van der Waals surface area contributed by atoms with E-state index in [0.29, 0.717) is 30.1 Å². The minimum atomic E-state index is -0.586. The molecular weight excluding hydrogens is 422 g/mol. The molecule has 2 aromatic rings. The van der Waals surface area contributed by atoms with E-state index in [1.54, 1.807) is 39.0 Å². The number of aromatic hydroxyl groups is 1. The number of nitrogens with zero attached hydrogens (tertiary/aromatic N) is 1. The standard InChI is InChI=1S/C23H28ClNO6/c1-5-25(22(28)31-23(2,3)4)9-10-29-18-12-20(27)19(14-26)21(13-18)30-15-16-7-6-8-17(24)11-16/h6-8,11-14,27H,5,9-10,15H2,1-4H3. The van der Waals surface area contributed by atoms with Crippen LogP contribution < -0.4 is 9.47 Å². The molecule has 168 valence electrons. The van der Waals surface area contributed by atoms with Gasteiger partial charge in [0.25, 0.3) is 0 Å². The van der Waals surface area contributed by atoms with Crippen LogP contribution in [0.25, 0.3) is 0 Å². The average molecular weight is 450 g/mol. The lowest BCUT2D eigenvalue weighted by molar-refractivity contribution is 0.0237. The Balaban J connectivity index is 2.04. The highest BCUT2D eigenvalue weighted by Gasteiger charge is 2.21. The zero-order valence-corrected chi connectivity index (χ0v) is 18.9. The molecule has 0 aliphatic carbocycles. The second-order valence-corrected chi connectivity index (χ2v) is 8.24. The Morgan fingerprint density at radius 2 is 1.94 bits per heavy atom. The highest BCUT2D eigenvalue weighted by Crippen LogP contribution is 2.33. The number of carbonyl (C=O) groups is 2. The fourth-order valence-electron chi connectivity index (χ4n) is 2.68. The van der Waals surface area contributed by atoms with Gasteiger partial charge in [0.1, 0.15) is 36.1 Å². The molecule has 0 bridgehead atoms. The van der Waals surface area contributed by atoms with E-state index in [0.717, 1.165) is 5.56 Å². The van der Waals surface area contributed by atoms with Crippen molar-refractivity contribution in [2.45, 2.75) is 39.9 Å². The number of amides is 1. The number of hydrogen-bond acceptors (Lipinski definition) is 6. The van der Waals surface area contributed by atoms with E-state index < -0.39 is 11.7 Å². The molecule has 0 spiro atoms. The molecule has 8 heteroatoms. The summed E-state index contributed by atoms with van der Waals surface area (Å²) in [5.41, 5.74) is 0.251. The maximum atomic E-state index is 12.2. The minimum absolute atomic E-state index is 0.0262. The summed E-state index contributed by atoms with van der Waals surface area (Å²) in [7, 11) is 0. The van der Waals surface area contributed by atoms with Crippen molar-refractivity contribution in [3.63, 3.8) is 0 Å². The number of carbonyl (C=O) groups excluding carboxylic acids is 2. The van der Waals surface area contributed by atoms with E-state index in [4.69, 9.17) is 25.8 Å². The van der Waals surface area contributed by atoms with Crippen molar-refractivity contribution in [2.24, 2.45) is 0 Å². The Kier molecular flexibility index (Phi) is 8.56. The molecule has 0 saturated heterocycles. The Hall–Kier alpha value is -2.93. The van der Waals surface area contributed by atoms with Gasteiger partial charge in [-0.25, -0.2) is 4.79 Å². The summed E-state index contributed by atoms with van der Waals surface area (Å²) in [5, 5.41) is 10.8. The normalized spacial score (nSPS) is 11.0. The van der Waals surface area contributed by atoms with Gasteiger partial charge in [0, 0.05) is 23.7 Å². The van der Waals surface area contributed by atoms with Crippen LogP contribution >= 0.6 is 11.6 Å². The van der Waals surface area contributed by atoms with Gasteiger partial charge in [0.15, 0.2) is 6.29 Å². The van der Waals surface area contributed by atoms with Crippen LogP contribution in [0.2, 0.25) is 5.02 Å². The van der Waals surface area contributed by atoms with Crippen LogP contribution in [0, 0.1) is 0 Å². The summed E-state index contributed by atoms with van der Waals surface area (Å²) in [6.45, 7) is 8.33. The molecule has 0 saturated carbocycles. The second-order valence-electron chi connectivity index (χ2n) is 7.80. The summed E-state index contributed by atoms with van der Waals surface area (Å²) >= 11 is 5.98. The summed E-state index contributed by atoms with van der Waals surface area (Å²) in [5.74, 6) is 0.238. The molecule has 31 heavy (non-hydrogen) atoms. The average Bonchev–Trinajstić information content (AvgIpc) is 2.68. The zero-order valence-electron chi connectivity index (χ0n) is 18.2. The van der Waals surface area contributed by atoms with Crippen molar-refractivity contribution >= 4 is 24.0 Å². The smallest absolute Gasteiger partial charge is 0.410 e. The quantitative estimate of drug-likeness (QED) is 0.538. The SMILES string of the molecule is CCN(CCOc1cc(O)c(C=O)c(OCc2cccc(Cl)c2)c1)C(=O)OC(C)(C)C. The highest BCUT2D eigenvalue weighted by atomic mass is 35.5. The molecule has 0 aliphatic heterocycles. The largest absolute Gasteiger partial charge is 0.507 e. The van der Waals surface area contributed by atoms with Crippen LogP contribution in [0.15, 0.2) is 36.4 Å². The van der Waals surface area contributed by atoms with E-state index in [-0.39, 0.29) is 30.3 Å². The molecule has 0 radical (unpaired) electrons. The molecule has 2 rings (SSSR count). The number of benzene rings is 2. The molecule has 0 aliphatic rings. The van der Waals surface area contributed by atoms with Gasteiger partial charge < -0.3 is 24.2 Å². The van der Waals surface area contributed by atoms with Crippen molar-refractivity contribution in [1.29, 1.82) is 0 Å². The lowest BCUT2D eigenvalue weighted by atomic mass is 10.2. The third-order valence-corrected chi connectivity index (χ3v) is 4.39. The van der Waals surface area contributed by atoms with E-state index in [1.807, 2.05) is 13.0 Å². The monoisotopic (exact) mass is 449 g/mol. The number of aldehydes is 1. The number of ether oxygens (including phenoxy) is 3. The molecule has 7 nitrogen and oxygen atoms in total. The number of halogens is 1. The third kappa shape index (κ3) is 7.68. The summed E-state index contributed by atoms with van der Waals surface area (Å²) in [6.07, 6.45) is 0.0941. The zero-order chi connectivity index (χ0) is 23.0. The lowest BCUT2D eigenvalue weighted by Gasteiger charge is -2.26. The van der Waals surface area contributed by atoms with Crippen LogP contribution in [0.3, 0.4) is 0 Å². The van der Waals surface area contributed by atoms with E-state index in [2.05, 4.69) is 0 Å². The number of likely N-dealkylation sites (N-methyl/N-ethyl adjacent to an activating group) is 1. The van der Waals surface area contributed by atoms with E-state index in [1.165, 1.54) is 17.0 Å². The summed E-state index contributed by atoms with van der Waals surface area (Å²) < 4.78 is 16.8. The summed E-state index contributed by atoms with van der Waals surface area (Å²) in [4.78, 5) is 25.1. The predicted molar refractivity (Wildman–Crippen MR) is 118 cm³/mol. The first-order valence-corrected chi connectivity index (χ1v) is 10.3. The Morgan fingerprint density at radius 3 is 2.55 bits per heavy atom. The number of phenols is 1. The fraction of sp³-hybridized carbons (Fsp3) is 0.391. The van der Waals surface area contributed by atoms with Crippen molar-refractivity contribution in [1.82, 2.24) is 4.90 Å². The number of hydrogen-bond donors (Lipinski definition) is 1. The van der Waals surface area contributed by atoms with Crippen LogP contribution in [0.1, 0.15) is 43.6 Å². The minimum Gasteiger partial charge on any atom is -0.507 e. The van der Waals surface area contributed by atoms with Crippen LogP contribution in [0.4, 0.5) is 4.79 Å². The van der Waals surface area contributed by atoms with Gasteiger partial charge >= 0.3 is 6.09 Å². The molecule has 1 amide bonds. The van der Waals surface area contributed by atoms with Crippen molar-refractivity contribution in [3.05, 3.63) is 52.5 Å². The van der Waals surface area contributed by atoms with Crippen molar-refractivity contribution in [3.8, 4) is 17.2 Å². The van der Waals surface area contributed by atoms with Crippen LogP contribution in [-0.4, -0.2) is 47.7 Å². The molecule has 0 atom stereocenters. The van der Waals surface area contributed by atoms with Gasteiger partial charge in [-0.2, -0.15) is 0 Å². The number of rotatable bonds is 9. The first kappa shape index (κ1) is 24.3. The molecule has 0 fully saturated rings. The van der Waals surface area contributed by atoms with Crippen LogP contribution in [-0.2, 0) is 11.3 Å². The third-order valence-electron chi connectivity index (χ3n) is 4.16.